The van der Waals surface area contributed by atoms with Gasteiger partial charge in [0, 0.05) is 29.6 Å². The van der Waals surface area contributed by atoms with Gasteiger partial charge in [0.1, 0.15) is 5.58 Å². The van der Waals surface area contributed by atoms with Gasteiger partial charge in [-0.05, 0) is 135 Å². The normalized spacial score (nSPS) is 38.5. The highest BCUT2D eigenvalue weighted by atomic mass is 16.4. The second kappa shape index (κ2) is 10.0. The lowest BCUT2D eigenvalue weighted by Gasteiger charge is -2.61. The van der Waals surface area contributed by atoms with Crippen LogP contribution in [0.3, 0.4) is 0 Å². The Morgan fingerprint density at radius 3 is 2.64 bits per heavy atom. The van der Waals surface area contributed by atoms with Crippen LogP contribution in [0.15, 0.2) is 33.5 Å². The first-order valence-electron chi connectivity index (χ1n) is 15.6. The highest BCUT2D eigenvalue weighted by Gasteiger charge is 2.60. The molecule has 4 fully saturated rings. The second-order valence-corrected chi connectivity index (χ2v) is 14.3. The zero-order chi connectivity index (χ0) is 27.5. The van der Waals surface area contributed by atoms with Gasteiger partial charge in [-0.2, -0.15) is 0 Å². The van der Waals surface area contributed by atoms with Crippen LogP contribution in [0.2, 0.25) is 0 Å². The maximum absolute atomic E-state index is 12.9. The van der Waals surface area contributed by atoms with Crippen molar-refractivity contribution in [1.82, 2.24) is 0 Å². The molecule has 1 amide bonds. The molecular formula is C34H47NO4. The maximum Gasteiger partial charge on any atom is 0.336 e. The molecule has 1 aromatic heterocycles. The smallest absolute Gasteiger partial charge is 0.336 e. The summed E-state index contributed by atoms with van der Waals surface area (Å²) in [6.07, 6.45) is 12.6. The average Bonchev–Trinajstić information content (AvgIpc) is 3.24. The molecule has 5 heteroatoms. The van der Waals surface area contributed by atoms with Crippen molar-refractivity contribution < 1.29 is 14.3 Å². The number of hydrogen-bond acceptors (Lipinski definition) is 4. The van der Waals surface area contributed by atoms with Crippen LogP contribution in [-0.2, 0) is 4.79 Å². The van der Waals surface area contributed by atoms with E-state index in [0.717, 1.165) is 48.0 Å². The summed E-state index contributed by atoms with van der Waals surface area (Å²) in [5.41, 5.74) is 2.52. The summed E-state index contributed by atoms with van der Waals surface area (Å²) in [4.78, 5) is 24.7. The first-order valence-corrected chi connectivity index (χ1v) is 15.6. The molecule has 4 aliphatic rings. The molecule has 0 spiro atoms. The SMILES string of the molecule is Cc1cc(=O)oc2cc(NC(=O)CC[C@@H](C)[C@H]3CC[C@H]4[C@@H]5CC[C@@H]6C[C@H](O)CCC6(C)[C@H]5CC[C@]34C)ccc12. The molecule has 2 N–H and O–H groups in total. The van der Waals surface area contributed by atoms with Crippen molar-refractivity contribution in [2.24, 2.45) is 46.3 Å². The lowest BCUT2D eigenvalue weighted by Crippen LogP contribution is -2.54. The Hall–Kier alpha value is -2.14. The van der Waals surface area contributed by atoms with Crippen molar-refractivity contribution in [3.05, 3.63) is 40.2 Å². The molecule has 4 saturated carbocycles. The van der Waals surface area contributed by atoms with Crippen molar-refractivity contribution in [2.45, 2.75) is 104 Å². The number of anilines is 1. The number of aryl methyl sites for hydroxylation is 1. The zero-order valence-electron chi connectivity index (χ0n) is 24.3. The van der Waals surface area contributed by atoms with Crippen LogP contribution >= 0.6 is 0 Å². The average molecular weight is 534 g/mol. The predicted octanol–water partition coefficient (Wildman–Crippen LogP) is 7.48. The van der Waals surface area contributed by atoms with E-state index in [4.69, 9.17) is 4.42 Å². The molecule has 9 atom stereocenters. The fourth-order valence-corrected chi connectivity index (χ4v) is 10.4. The van der Waals surface area contributed by atoms with Crippen molar-refractivity contribution in [3.63, 3.8) is 0 Å². The molecule has 1 heterocycles. The van der Waals surface area contributed by atoms with Crippen LogP contribution in [0.4, 0.5) is 5.69 Å². The molecule has 0 saturated heterocycles. The number of benzene rings is 1. The lowest BCUT2D eigenvalue weighted by molar-refractivity contribution is -0.129. The van der Waals surface area contributed by atoms with Gasteiger partial charge in [0.15, 0.2) is 0 Å². The van der Waals surface area contributed by atoms with E-state index >= 15 is 0 Å². The first-order chi connectivity index (χ1) is 18.6. The molecule has 0 bridgehead atoms. The summed E-state index contributed by atoms with van der Waals surface area (Å²) in [6, 6.07) is 7.05. The molecule has 1 unspecified atom stereocenters. The van der Waals surface area contributed by atoms with Crippen LogP contribution in [0, 0.1) is 53.3 Å². The van der Waals surface area contributed by atoms with Gasteiger partial charge in [0.05, 0.1) is 6.10 Å². The number of aliphatic hydroxyl groups excluding tert-OH is 1. The number of rotatable bonds is 5. The minimum Gasteiger partial charge on any atom is -0.423 e. The van der Waals surface area contributed by atoms with Gasteiger partial charge in [-0.25, -0.2) is 4.79 Å². The summed E-state index contributed by atoms with van der Waals surface area (Å²) >= 11 is 0. The minimum absolute atomic E-state index is 0.0327. The van der Waals surface area contributed by atoms with Crippen molar-refractivity contribution in [1.29, 1.82) is 0 Å². The number of nitrogens with one attached hydrogen (secondary N) is 1. The topological polar surface area (TPSA) is 79.5 Å². The molecule has 5 nitrogen and oxygen atoms in total. The molecule has 212 valence electrons. The Morgan fingerprint density at radius 2 is 1.82 bits per heavy atom. The van der Waals surface area contributed by atoms with Crippen LogP contribution in [0.1, 0.15) is 97.0 Å². The number of amides is 1. The van der Waals surface area contributed by atoms with Gasteiger partial charge < -0.3 is 14.8 Å². The monoisotopic (exact) mass is 533 g/mol. The third-order valence-electron chi connectivity index (χ3n) is 12.5. The summed E-state index contributed by atoms with van der Waals surface area (Å²) in [5, 5.41) is 14.3. The Labute approximate surface area is 233 Å². The van der Waals surface area contributed by atoms with E-state index in [2.05, 4.69) is 26.1 Å². The van der Waals surface area contributed by atoms with Gasteiger partial charge in [0.2, 0.25) is 5.91 Å². The van der Waals surface area contributed by atoms with Crippen LogP contribution < -0.4 is 10.9 Å². The molecule has 4 aliphatic carbocycles. The van der Waals surface area contributed by atoms with E-state index in [1.165, 1.54) is 51.0 Å². The number of carbonyl (C=O) groups is 1. The molecule has 2 aromatic rings. The van der Waals surface area contributed by atoms with E-state index in [-0.39, 0.29) is 17.6 Å². The van der Waals surface area contributed by atoms with Gasteiger partial charge in [0.25, 0.3) is 0 Å². The number of carbonyl (C=O) groups excluding carboxylic acids is 1. The van der Waals surface area contributed by atoms with E-state index < -0.39 is 0 Å². The number of hydrogen-bond donors (Lipinski definition) is 2. The quantitative estimate of drug-likeness (QED) is 0.391. The highest BCUT2D eigenvalue weighted by Crippen LogP contribution is 2.68. The summed E-state index contributed by atoms with van der Waals surface area (Å²) in [6.45, 7) is 9.44. The van der Waals surface area contributed by atoms with E-state index in [1.807, 2.05) is 19.1 Å². The Bertz CT molecular complexity index is 1300. The Kier molecular flexibility index (Phi) is 6.97. The van der Waals surface area contributed by atoms with E-state index in [9.17, 15) is 14.7 Å². The third-order valence-corrected chi connectivity index (χ3v) is 12.5. The highest BCUT2D eigenvalue weighted by molar-refractivity contribution is 5.93. The van der Waals surface area contributed by atoms with Gasteiger partial charge in [-0.3, -0.25) is 4.79 Å². The first kappa shape index (κ1) is 27.1. The van der Waals surface area contributed by atoms with Gasteiger partial charge in [-0.15, -0.1) is 0 Å². The third kappa shape index (κ3) is 4.67. The molecule has 0 radical (unpaired) electrons. The molecule has 6 rings (SSSR count). The summed E-state index contributed by atoms with van der Waals surface area (Å²) in [5.74, 6) is 4.45. The summed E-state index contributed by atoms with van der Waals surface area (Å²) < 4.78 is 5.35. The molecule has 0 aliphatic heterocycles. The largest absolute Gasteiger partial charge is 0.423 e. The van der Waals surface area contributed by atoms with Crippen LogP contribution in [0.25, 0.3) is 11.0 Å². The van der Waals surface area contributed by atoms with Crippen LogP contribution in [-0.4, -0.2) is 17.1 Å². The maximum atomic E-state index is 12.9. The summed E-state index contributed by atoms with van der Waals surface area (Å²) in [7, 11) is 0. The standard InChI is InChI=1S/C34H47NO4/c1-20(5-12-31(37)35-23-7-9-25-21(2)17-32(38)39-30(25)19-23)27-10-11-28-26-8-6-22-18-24(36)13-15-33(22,3)29(26)14-16-34(27,28)4/h7,9,17,19-20,22,24,26-29,36H,5-6,8,10-16,18H2,1-4H3,(H,35,37)/t20-,22-,24-,26+,27-,28+,29+,33?,34-/m1/s1. The van der Waals surface area contributed by atoms with Crippen molar-refractivity contribution in [3.8, 4) is 0 Å². The molecular weight excluding hydrogens is 486 g/mol. The fourth-order valence-electron chi connectivity index (χ4n) is 10.4. The lowest BCUT2D eigenvalue weighted by atomic mass is 9.44. The Balaban J connectivity index is 1.08. The number of fused-ring (bicyclic) bond motifs is 6. The molecule has 39 heavy (non-hydrogen) atoms. The predicted molar refractivity (Wildman–Crippen MR) is 155 cm³/mol. The van der Waals surface area contributed by atoms with Crippen molar-refractivity contribution in [2.75, 3.05) is 5.32 Å². The second-order valence-electron chi connectivity index (χ2n) is 14.3. The zero-order valence-corrected chi connectivity index (χ0v) is 24.3. The fraction of sp³-hybridized carbons (Fsp3) is 0.706. The van der Waals surface area contributed by atoms with Gasteiger partial charge >= 0.3 is 5.63 Å². The number of aliphatic hydroxyl groups is 1. The molecule has 1 aromatic carbocycles. The van der Waals surface area contributed by atoms with E-state index in [0.29, 0.717) is 46.3 Å². The Morgan fingerprint density at radius 1 is 1.05 bits per heavy atom. The van der Waals surface area contributed by atoms with Crippen LogP contribution in [0.5, 0.6) is 0 Å². The van der Waals surface area contributed by atoms with E-state index in [1.54, 1.807) is 6.07 Å². The van der Waals surface area contributed by atoms with Crippen molar-refractivity contribution >= 4 is 22.6 Å². The minimum atomic E-state index is -0.366. The van der Waals surface area contributed by atoms with Gasteiger partial charge in [-0.1, -0.05) is 20.8 Å².